The van der Waals surface area contributed by atoms with Crippen LogP contribution in [0.25, 0.3) is 22.3 Å². The summed E-state index contributed by atoms with van der Waals surface area (Å²) in [6, 6.07) is 22.5. The number of ether oxygens (including phenoxy) is 2. The molecular formula is C34H31ClN4O5. The highest BCUT2D eigenvalue weighted by atomic mass is 35.5. The number of hydrogen-bond acceptors (Lipinski definition) is 7. The number of non-ortho nitro benzene ring substituents is 1. The quantitative estimate of drug-likeness (QED) is 0.0902. The monoisotopic (exact) mass is 610 g/mol. The molecular weight excluding hydrogens is 580 g/mol. The van der Waals surface area contributed by atoms with E-state index in [1.807, 2.05) is 38.1 Å². The van der Waals surface area contributed by atoms with Crippen LogP contribution < -0.4 is 15.0 Å². The average molecular weight is 611 g/mol. The summed E-state index contributed by atoms with van der Waals surface area (Å²) in [6.45, 7) is 8.84. The zero-order valence-corrected chi connectivity index (χ0v) is 25.5. The number of nitro groups is 1. The number of halogens is 1. The van der Waals surface area contributed by atoms with Gasteiger partial charge in [-0.25, -0.2) is 4.98 Å². The van der Waals surface area contributed by atoms with Gasteiger partial charge in [-0.15, -0.1) is 0 Å². The molecule has 0 bridgehead atoms. The number of benzene rings is 4. The number of rotatable bonds is 10. The van der Waals surface area contributed by atoms with Crippen LogP contribution in [0.15, 0.2) is 88.8 Å². The summed E-state index contributed by atoms with van der Waals surface area (Å²) in [5.41, 5.74) is 4.41. The molecule has 1 heterocycles. The van der Waals surface area contributed by atoms with Crippen molar-refractivity contribution in [1.82, 2.24) is 9.66 Å². The summed E-state index contributed by atoms with van der Waals surface area (Å²) < 4.78 is 13.1. The molecule has 0 aliphatic heterocycles. The van der Waals surface area contributed by atoms with Crippen molar-refractivity contribution in [1.29, 1.82) is 0 Å². The number of fused-ring (bicyclic) bond motifs is 1. The number of para-hydroxylation sites is 1. The van der Waals surface area contributed by atoms with Crippen LogP contribution in [0.5, 0.6) is 11.5 Å². The Kier molecular flexibility index (Phi) is 9.06. The first-order valence-electron chi connectivity index (χ1n) is 14.2. The Morgan fingerprint density at radius 1 is 1.02 bits per heavy atom. The van der Waals surface area contributed by atoms with Gasteiger partial charge >= 0.3 is 0 Å². The van der Waals surface area contributed by atoms with Gasteiger partial charge in [0, 0.05) is 17.7 Å². The molecule has 0 spiro atoms. The molecule has 0 unspecified atom stereocenters. The molecule has 0 amide bonds. The average Bonchev–Trinajstić information content (AvgIpc) is 3.00. The summed E-state index contributed by atoms with van der Waals surface area (Å²) in [7, 11) is 0. The van der Waals surface area contributed by atoms with Gasteiger partial charge in [0.15, 0.2) is 5.82 Å². The molecule has 0 N–H and O–H groups in total. The summed E-state index contributed by atoms with van der Waals surface area (Å²) in [6.07, 6.45) is 1.56. The molecule has 4 aromatic carbocycles. The fraction of sp³-hybridized carbons (Fsp3) is 0.206. The topological polar surface area (TPSA) is 109 Å². The molecule has 0 atom stereocenters. The lowest BCUT2D eigenvalue weighted by atomic mass is 9.96. The molecule has 5 rings (SSSR count). The zero-order valence-electron chi connectivity index (χ0n) is 24.8. The van der Waals surface area contributed by atoms with Crippen LogP contribution in [0.3, 0.4) is 0 Å². The van der Waals surface area contributed by atoms with Gasteiger partial charge < -0.3 is 9.47 Å². The van der Waals surface area contributed by atoms with Gasteiger partial charge in [-0.05, 0) is 96.6 Å². The molecule has 224 valence electrons. The molecule has 0 aliphatic carbocycles. The molecule has 1 aromatic heterocycles. The predicted octanol–water partition coefficient (Wildman–Crippen LogP) is 7.92. The zero-order chi connectivity index (χ0) is 31.4. The van der Waals surface area contributed by atoms with Crippen molar-refractivity contribution in [3.8, 4) is 22.9 Å². The Hall–Kier alpha value is -5.02. The SMILES string of the molecule is CCOc1cc(C)c(-c2nc3ccccc3c(=O)n2N=Cc2ccc(OCc3ccc([N+](=O)[O-])cc3)c(Cl)c2)cc1C(C)C. The van der Waals surface area contributed by atoms with E-state index >= 15 is 0 Å². The number of hydrogen-bond donors (Lipinski definition) is 0. The molecule has 9 nitrogen and oxygen atoms in total. The third-order valence-electron chi connectivity index (χ3n) is 7.09. The van der Waals surface area contributed by atoms with E-state index in [2.05, 4.69) is 18.9 Å². The van der Waals surface area contributed by atoms with Gasteiger partial charge in [-0.2, -0.15) is 9.78 Å². The third-order valence-corrected chi connectivity index (χ3v) is 7.39. The fourth-order valence-corrected chi connectivity index (χ4v) is 5.03. The minimum Gasteiger partial charge on any atom is -0.494 e. The summed E-state index contributed by atoms with van der Waals surface area (Å²) in [5.74, 6) is 1.86. The lowest BCUT2D eigenvalue weighted by Gasteiger charge is -2.18. The summed E-state index contributed by atoms with van der Waals surface area (Å²) >= 11 is 6.52. The maximum absolute atomic E-state index is 13.7. The van der Waals surface area contributed by atoms with E-state index in [1.54, 1.807) is 48.7 Å². The molecule has 0 aliphatic rings. The molecule has 44 heavy (non-hydrogen) atoms. The van der Waals surface area contributed by atoms with E-state index in [1.165, 1.54) is 16.8 Å². The normalized spacial score (nSPS) is 11.4. The molecule has 0 radical (unpaired) electrons. The standard InChI is InChI=1S/C34H31ClN4O5/c1-5-43-32-16-22(4)28(18-27(32)21(2)3)33-37-30-9-7-6-8-26(30)34(40)38(33)36-19-24-12-15-31(29(35)17-24)44-20-23-10-13-25(14-11-23)39(41)42/h6-19,21H,5,20H2,1-4H3. The van der Waals surface area contributed by atoms with Gasteiger partial charge in [0.25, 0.3) is 11.2 Å². The number of aromatic nitrogens is 2. The number of nitro benzene ring substituents is 1. The Bertz CT molecular complexity index is 1930. The van der Waals surface area contributed by atoms with Gasteiger partial charge in [0.2, 0.25) is 0 Å². The first kappa shape index (κ1) is 30.4. The molecule has 10 heteroatoms. The second-order valence-electron chi connectivity index (χ2n) is 10.5. The maximum Gasteiger partial charge on any atom is 0.282 e. The van der Waals surface area contributed by atoms with Gasteiger partial charge in [0.05, 0.1) is 33.7 Å². The van der Waals surface area contributed by atoms with Crippen molar-refractivity contribution in [3.63, 3.8) is 0 Å². The van der Waals surface area contributed by atoms with Crippen LogP contribution in [0.1, 0.15) is 48.9 Å². The highest BCUT2D eigenvalue weighted by Crippen LogP contribution is 2.34. The van der Waals surface area contributed by atoms with E-state index in [-0.39, 0.29) is 23.8 Å². The largest absolute Gasteiger partial charge is 0.494 e. The second-order valence-corrected chi connectivity index (χ2v) is 10.9. The van der Waals surface area contributed by atoms with Crippen molar-refractivity contribution in [2.75, 3.05) is 6.61 Å². The fourth-order valence-electron chi connectivity index (χ4n) is 4.79. The highest BCUT2D eigenvalue weighted by Gasteiger charge is 2.18. The van der Waals surface area contributed by atoms with Crippen LogP contribution >= 0.6 is 11.6 Å². The summed E-state index contributed by atoms with van der Waals surface area (Å²) in [4.78, 5) is 29.1. The minimum atomic E-state index is -0.449. The first-order chi connectivity index (χ1) is 21.2. The van der Waals surface area contributed by atoms with E-state index in [4.69, 9.17) is 26.1 Å². The van der Waals surface area contributed by atoms with Gasteiger partial charge in [0.1, 0.15) is 18.1 Å². The van der Waals surface area contributed by atoms with E-state index in [0.717, 1.165) is 28.0 Å². The molecule has 0 saturated heterocycles. The van der Waals surface area contributed by atoms with Crippen LogP contribution in [0.2, 0.25) is 5.02 Å². The Morgan fingerprint density at radius 3 is 2.45 bits per heavy atom. The minimum absolute atomic E-state index is 0.0114. The van der Waals surface area contributed by atoms with Crippen LogP contribution in [0, 0.1) is 17.0 Å². The van der Waals surface area contributed by atoms with Crippen molar-refractivity contribution in [2.24, 2.45) is 5.10 Å². The Morgan fingerprint density at radius 2 is 1.77 bits per heavy atom. The van der Waals surface area contributed by atoms with Crippen LogP contribution in [-0.4, -0.2) is 27.4 Å². The highest BCUT2D eigenvalue weighted by molar-refractivity contribution is 6.32. The van der Waals surface area contributed by atoms with Gasteiger partial charge in [-0.1, -0.05) is 37.6 Å². The van der Waals surface area contributed by atoms with E-state index in [9.17, 15) is 14.9 Å². The number of aryl methyl sites for hydroxylation is 1. The lowest BCUT2D eigenvalue weighted by molar-refractivity contribution is -0.384. The second kappa shape index (κ2) is 13.1. The molecule has 5 aromatic rings. The Labute approximate surface area is 259 Å². The van der Waals surface area contributed by atoms with Crippen molar-refractivity contribution >= 4 is 34.4 Å². The van der Waals surface area contributed by atoms with Crippen LogP contribution in [0.4, 0.5) is 5.69 Å². The van der Waals surface area contributed by atoms with Crippen molar-refractivity contribution < 1.29 is 14.4 Å². The predicted molar refractivity (Wildman–Crippen MR) is 173 cm³/mol. The lowest BCUT2D eigenvalue weighted by Crippen LogP contribution is -2.20. The molecule has 0 fully saturated rings. The van der Waals surface area contributed by atoms with Gasteiger partial charge in [-0.3, -0.25) is 14.9 Å². The van der Waals surface area contributed by atoms with Crippen molar-refractivity contribution in [2.45, 2.75) is 40.2 Å². The van der Waals surface area contributed by atoms with E-state index in [0.29, 0.717) is 39.7 Å². The smallest absolute Gasteiger partial charge is 0.282 e. The maximum atomic E-state index is 13.7. The van der Waals surface area contributed by atoms with E-state index < -0.39 is 4.92 Å². The third kappa shape index (κ3) is 6.48. The number of nitrogens with zero attached hydrogens (tertiary/aromatic N) is 4. The Balaban J connectivity index is 1.49. The summed E-state index contributed by atoms with van der Waals surface area (Å²) in [5, 5.41) is 16.3. The first-order valence-corrected chi connectivity index (χ1v) is 14.5. The van der Waals surface area contributed by atoms with Crippen LogP contribution in [-0.2, 0) is 6.61 Å². The van der Waals surface area contributed by atoms with Crippen molar-refractivity contribution in [3.05, 3.63) is 127 Å². The molecule has 0 saturated carbocycles.